The Morgan fingerprint density at radius 1 is 1.20 bits per heavy atom. The number of rotatable bonds is 2. The van der Waals surface area contributed by atoms with Crippen LogP contribution in [0.5, 0.6) is 0 Å². The van der Waals surface area contributed by atoms with E-state index in [0.29, 0.717) is 0 Å². The maximum atomic E-state index is 11.0. The second-order valence-corrected chi connectivity index (χ2v) is 1.87. The minimum atomic E-state index is -0.148. The maximum Gasteiger partial charge on any atom is 0.327 e. The summed E-state index contributed by atoms with van der Waals surface area (Å²) in [6.07, 6.45) is 2.89. The molecule has 3 nitrogen and oxygen atoms in total. The number of hydrogen-bond donors (Lipinski definition) is 0. The van der Waals surface area contributed by atoms with Gasteiger partial charge in [0.15, 0.2) is 0 Å². The summed E-state index contributed by atoms with van der Waals surface area (Å²) in [6, 6.07) is -0.148. The summed E-state index contributed by atoms with van der Waals surface area (Å²) in [5.74, 6) is 0. The van der Waals surface area contributed by atoms with Crippen molar-refractivity contribution >= 4 is 6.03 Å². The monoisotopic (exact) mass is 140 g/mol. The van der Waals surface area contributed by atoms with Gasteiger partial charge in [-0.15, -0.1) is 0 Å². The van der Waals surface area contributed by atoms with E-state index in [1.54, 1.807) is 14.1 Å². The zero-order valence-corrected chi connectivity index (χ0v) is 6.37. The number of carbonyl (C=O) groups excluding carboxylic acids is 1. The standard InChI is InChI=1S/C7H12N2O/c1-5-8(3)7(10)9(4)6-2/h5-6H,1-2H2,3-4H3. The van der Waals surface area contributed by atoms with E-state index in [1.807, 2.05) is 0 Å². The predicted molar refractivity (Wildman–Crippen MR) is 41.3 cm³/mol. The maximum absolute atomic E-state index is 11.0. The lowest BCUT2D eigenvalue weighted by atomic mass is 10.7. The molecule has 0 unspecified atom stereocenters. The van der Waals surface area contributed by atoms with Gasteiger partial charge in [0.1, 0.15) is 0 Å². The van der Waals surface area contributed by atoms with Gasteiger partial charge in [0.05, 0.1) is 0 Å². The summed E-state index contributed by atoms with van der Waals surface area (Å²) >= 11 is 0. The minimum Gasteiger partial charge on any atom is -0.304 e. The molecule has 3 heteroatoms. The van der Waals surface area contributed by atoms with E-state index in [9.17, 15) is 4.79 Å². The number of hydrogen-bond acceptors (Lipinski definition) is 1. The fourth-order valence-corrected chi connectivity index (χ4v) is 0.405. The molecule has 0 fully saturated rings. The Morgan fingerprint density at radius 2 is 1.50 bits per heavy atom. The molecule has 0 atom stereocenters. The van der Waals surface area contributed by atoms with Crippen molar-refractivity contribution in [3.63, 3.8) is 0 Å². The van der Waals surface area contributed by atoms with Crippen molar-refractivity contribution < 1.29 is 4.79 Å². The molecule has 0 aliphatic heterocycles. The SMILES string of the molecule is C=CN(C)C(=O)N(C)C=C. The zero-order valence-electron chi connectivity index (χ0n) is 6.37. The topological polar surface area (TPSA) is 23.6 Å². The molecule has 0 saturated heterocycles. The largest absolute Gasteiger partial charge is 0.327 e. The van der Waals surface area contributed by atoms with Crippen LogP contribution in [0.3, 0.4) is 0 Å². The van der Waals surface area contributed by atoms with Gasteiger partial charge in [-0.3, -0.25) is 0 Å². The molecule has 0 bridgehead atoms. The molecular formula is C7H12N2O. The molecule has 0 aromatic rings. The fourth-order valence-electron chi connectivity index (χ4n) is 0.405. The number of amides is 2. The molecule has 0 N–H and O–H groups in total. The molecule has 0 aliphatic rings. The first-order valence-corrected chi connectivity index (χ1v) is 2.88. The van der Waals surface area contributed by atoms with Gasteiger partial charge in [-0.05, 0) is 0 Å². The molecule has 0 aromatic heterocycles. The molecule has 0 saturated carbocycles. The first kappa shape index (κ1) is 8.75. The first-order valence-electron chi connectivity index (χ1n) is 2.88. The van der Waals surface area contributed by atoms with Crippen LogP contribution in [-0.2, 0) is 0 Å². The van der Waals surface area contributed by atoms with Crippen molar-refractivity contribution in [2.75, 3.05) is 14.1 Å². The number of carbonyl (C=O) groups is 1. The predicted octanol–water partition coefficient (Wildman–Crippen LogP) is 1.26. The van der Waals surface area contributed by atoms with Crippen LogP contribution in [-0.4, -0.2) is 29.9 Å². The molecule has 0 radical (unpaired) electrons. The van der Waals surface area contributed by atoms with Gasteiger partial charge >= 0.3 is 6.03 Å². The van der Waals surface area contributed by atoms with E-state index >= 15 is 0 Å². The lowest BCUT2D eigenvalue weighted by Gasteiger charge is -2.17. The molecular weight excluding hydrogens is 128 g/mol. The molecule has 10 heavy (non-hydrogen) atoms. The van der Waals surface area contributed by atoms with Crippen LogP contribution in [0.4, 0.5) is 4.79 Å². The van der Waals surface area contributed by atoms with Gasteiger partial charge in [-0.2, -0.15) is 0 Å². The van der Waals surface area contributed by atoms with E-state index in [4.69, 9.17) is 0 Å². The van der Waals surface area contributed by atoms with Crippen molar-refractivity contribution in [1.82, 2.24) is 9.80 Å². The van der Waals surface area contributed by atoms with Crippen LogP contribution >= 0.6 is 0 Å². The summed E-state index contributed by atoms with van der Waals surface area (Å²) < 4.78 is 0. The number of urea groups is 1. The molecule has 2 amide bonds. The molecule has 0 aliphatic carbocycles. The summed E-state index contributed by atoms with van der Waals surface area (Å²) in [5, 5.41) is 0. The second kappa shape index (κ2) is 3.71. The third-order valence-electron chi connectivity index (χ3n) is 1.15. The highest BCUT2D eigenvalue weighted by Gasteiger charge is 2.06. The highest BCUT2D eigenvalue weighted by molar-refractivity contribution is 5.75. The van der Waals surface area contributed by atoms with E-state index in [-0.39, 0.29) is 6.03 Å². The van der Waals surface area contributed by atoms with Gasteiger partial charge < -0.3 is 9.80 Å². The Balaban J connectivity index is 4.06. The highest BCUT2D eigenvalue weighted by atomic mass is 16.2. The average molecular weight is 140 g/mol. The van der Waals surface area contributed by atoms with Gasteiger partial charge in [0, 0.05) is 26.5 Å². The second-order valence-electron chi connectivity index (χ2n) is 1.87. The van der Waals surface area contributed by atoms with Crippen molar-refractivity contribution in [1.29, 1.82) is 0 Å². The molecule has 0 heterocycles. The molecule has 0 rings (SSSR count). The Labute approximate surface area is 61.2 Å². The summed E-state index contributed by atoms with van der Waals surface area (Å²) in [7, 11) is 3.27. The van der Waals surface area contributed by atoms with Crippen LogP contribution in [0.25, 0.3) is 0 Å². The average Bonchev–Trinajstić information content (AvgIpc) is 2.00. The number of nitrogens with zero attached hydrogens (tertiary/aromatic N) is 2. The van der Waals surface area contributed by atoms with Crippen molar-refractivity contribution in [2.45, 2.75) is 0 Å². The normalized spacial score (nSPS) is 8.20. The zero-order chi connectivity index (χ0) is 8.15. The van der Waals surface area contributed by atoms with E-state index in [1.165, 1.54) is 22.2 Å². The first-order chi connectivity index (χ1) is 4.63. The quantitative estimate of drug-likeness (QED) is 0.566. The summed E-state index contributed by atoms with van der Waals surface area (Å²) in [5.41, 5.74) is 0. The summed E-state index contributed by atoms with van der Waals surface area (Å²) in [4.78, 5) is 13.8. The van der Waals surface area contributed by atoms with E-state index < -0.39 is 0 Å². The highest BCUT2D eigenvalue weighted by Crippen LogP contribution is 1.92. The van der Waals surface area contributed by atoms with Gasteiger partial charge in [-0.1, -0.05) is 13.2 Å². The van der Waals surface area contributed by atoms with Gasteiger partial charge in [0.2, 0.25) is 0 Å². The van der Waals surface area contributed by atoms with Crippen LogP contribution in [0.1, 0.15) is 0 Å². The van der Waals surface area contributed by atoms with Gasteiger partial charge in [0.25, 0.3) is 0 Å². The van der Waals surface area contributed by atoms with Crippen molar-refractivity contribution in [3.8, 4) is 0 Å². The van der Waals surface area contributed by atoms with Gasteiger partial charge in [-0.25, -0.2) is 4.79 Å². The lowest BCUT2D eigenvalue weighted by Crippen LogP contribution is -2.31. The Hall–Kier alpha value is -1.25. The van der Waals surface area contributed by atoms with Crippen LogP contribution in [0, 0.1) is 0 Å². The summed E-state index contributed by atoms with van der Waals surface area (Å²) in [6.45, 7) is 6.88. The minimum absolute atomic E-state index is 0.148. The van der Waals surface area contributed by atoms with Crippen molar-refractivity contribution in [2.24, 2.45) is 0 Å². The smallest absolute Gasteiger partial charge is 0.304 e. The van der Waals surface area contributed by atoms with Crippen LogP contribution in [0.15, 0.2) is 25.6 Å². The molecule has 0 aromatic carbocycles. The Kier molecular flexibility index (Phi) is 3.25. The lowest BCUT2D eigenvalue weighted by molar-refractivity contribution is 0.201. The van der Waals surface area contributed by atoms with Crippen LogP contribution in [0.2, 0.25) is 0 Å². The molecule has 56 valence electrons. The van der Waals surface area contributed by atoms with E-state index in [0.717, 1.165) is 0 Å². The Bertz CT molecular complexity index is 138. The fraction of sp³-hybridized carbons (Fsp3) is 0.286. The molecule has 0 spiro atoms. The van der Waals surface area contributed by atoms with E-state index in [2.05, 4.69) is 13.2 Å². The van der Waals surface area contributed by atoms with Crippen LogP contribution < -0.4 is 0 Å². The van der Waals surface area contributed by atoms with Crippen molar-refractivity contribution in [3.05, 3.63) is 25.6 Å². The third-order valence-corrected chi connectivity index (χ3v) is 1.15. The third kappa shape index (κ3) is 1.93. The Morgan fingerprint density at radius 3 is 1.70 bits per heavy atom.